The Bertz CT molecular complexity index is 369. The van der Waals surface area contributed by atoms with E-state index < -0.39 is 0 Å². The van der Waals surface area contributed by atoms with Crippen molar-refractivity contribution in [2.75, 3.05) is 0 Å². The molecule has 1 aliphatic heterocycles. The number of cyclic esters (lactones) is 1. The molecule has 1 aromatic rings. The quantitative estimate of drug-likeness (QED) is 0.670. The first-order chi connectivity index (χ1) is 6.72. The Hall–Kier alpha value is -1.31. The number of esters is 1. The molecule has 0 spiro atoms. The summed E-state index contributed by atoms with van der Waals surface area (Å²) < 4.78 is 4.95. The number of rotatable bonds is 2. The molecule has 14 heavy (non-hydrogen) atoms. The molecule has 0 amide bonds. The van der Waals surface area contributed by atoms with Crippen molar-refractivity contribution in [1.82, 2.24) is 0 Å². The van der Waals surface area contributed by atoms with Gasteiger partial charge in [0.25, 0.3) is 0 Å². The predicted octanol–water partition coefficient (Wildman–Crippen LogP) is 2.87. The van der Waals surface area contributed by atoms with Gasteiger partial charge in [-0.1, -0.05) is 26.0 Å². The molecule has 2 heteroatoms. The third-order valence-corrected chi connectivity index (χ3v) is 2.89. The Labute approximate surface area is 83.9 Å². The minimum absolute atomic E-state index is 0.185. The second-order valence-corrected chi connectivity index (χ2v) is 3.80. The number of benzene rings is 1. The van der Waals surface area contributed by atoms with Gasteiger partial charge in [0.15, 0.2) is 0 Å². The van der Waals surface area contributed by atoms with Gasteiger partial charge in [-0.05, 0) is 24.0 Å². The van der Waals surface area contributed by atoms with Crippen molar-refractivity contribution in [3.05, 3.63) is 34.9 Å². The number of ether oxygens (including phenoxy) is 1. The molecule has 0 N–H and O–H groups in total. The Morgan fingerprint density at radius 3 is 3.00 bits per heavy atom. The van der Waals surface area contributed by atoms with Crippen molar-refractivity contribution in [1.29, 1.82) is 0 Å². The summed E-state index contributed by atoms with van der Waals surface area (Å²) in [6.45, 7) is 4.80. The standard InChI is InChI=1S/C12H14O2/c1-3-8(2)9-4-5-11-10(6-9)7-14-12(11)13/h4-6,8H,3,7H2,1-2H3. The van der Waals surface area contributed by atoms with Crippen molar-refractivity contribution in [3.8, 4) is 0 Å². The highest BCUT2D eigenvalue weighted by atomic mass is 16.5. The van der Waals surface area contributed by atoms with Crippen LogP contribution in [0.1, 0.15) is 47.7 Å². The van der Waals surface area contributed by atoms with E-state index in [4.69, 9.17) is 4.74 Å². The van der Waals surface area contributed by atoms with Crippen molar-refractivity contribution in [3.63, 3.8) is 0 Å². The average Bonchev–Trinajstić information content (AvgIpc) is 2.59. The molecule has 0 aliphatic carbocycles. The minimum atomic E-state index is -0.185. The smallest absolute Gasteiger partial charge is 0.338 e. The Balaban J connectivity index is 2.37. The maximum atomic E-state index is 11.2. The normalized spacial score (nSPS) is 16.3. The number of fused-ring (bicyclic) bond motifs is 1. The summed E-state index contributed by atoms with van der Waals surface area (Å²) in [6.07, 6.45) is 1.12. The van der Waals surface area contributed by atoms with E-state index in [1.54, 1.807) is 0 Å². The summed E-state index contributed by atoms with van der Waals surface area (Å²) in [4.78, 5) is 11.2. The van der Waals surface area contributed by atoms with E-state index in [1.807, 2.05) is 12.1 Å². The van der Waals surface area contributed by atoms with E-state index in [2.05, 4.69) is 19.9 Å². The number of hydrogen-bond acceptors (Lipinski definition) is 2. The first kappa shape index (κ1) is 9.25. The molecule has 74 valence electrons. The molecule has 0 aromatic heterocycles. The van der Waals surface area contributed by atoms with Crippen LogP contribution in [0, 0.1) is 0 Å². The summed E-state index contributed by atoms with van der Waals surface area (Å²) in [5, 5.41) is 0. The minimum Gasteiger partial charge on any atom is -0.457 e. The van der Waals surface area contributed by atoms with Crippen molar-refractivity contribution in [2.24, 2.45) is 0 Å². The zero-order chi connectivity index (χ0) is 10.1. The van der Waals surface area contributed by atoms with Gasteiger partial charge >= 0.3 is 5.97 Å². The number of carbonyl (C=O) groups excluding carboxylic acids is 1. The fourth-order valence-electron chi connectivity index (χ4n) is 1.70. The van der Waals surface area contributed by atoms with Crippen LogP contribution in [0.4, 0.5) is 0 Å². The monoisotopic (exact) mass is 190 g/mol. The summed E-state index contributed by atoms with van der Waals surface area (Å²) >= 11 is 0. The predicted molar refractivity (Wildman–Crippen MR) is 54.3 cm³/mol. The van der Waals surface area contributed by atoms with Crippen LogP contribution in [-0.2, 0) is 11.3 Å². The van der Waals surface area contributed by atoms with E-state index in [0.717, 1.165) is 17.5 Å². The molecule has 0 radical (unpaired) electrons. The molecule has 1 unspecified atom stereocenters. The second-order valence-electron chi connectivity index (χ2n) is 3.80. The number of carbonyl (C=O) groups is 1. The Morgan fingerprint density at radius 2 is 2.29 bits per heavy atom. The first-order valence-corrected chi connectivity index (χ1v) is 5.02. The molecule has 0 saturated heterocycles. The fraction of sp³-hybridized carbons (Fsp3) is 0.417. The molecule has 1 atom stereocenters. The third-order valence-electron chi connectivity index (χ3n) is 2.89. The van der Waals surface area contributed by atoms with E-state index in [1.165, 1.54) is 5.56 Å². The molecule has 0 bridgehead atoms. The maximum absolute atomic E-state index is 11.2. The van der Waals surface area contributed by atoms with Gasteiger partial charge in [0, 0.05) is 5.56 Å². The van der Waals surface area contributed by atoms with Crippen LogP contribution in [0.2, 0.25) is 0 Å². The lowest BCUT2D eigenvalue weighted by molar-refractivity contribution is 0.0535. The highest BCUT2D eigenvalue weighted by Gasteiger charge is 2.21. The van der Waals surface area contributed by atoms with Gasteiger partial charge in [0.05, 0.1) is 5.56 Å². The van der Waals surface area contributed by atoms with E-state index in [-0.39, 0.29) is 5.97 Å². The van der Waals surface area contributed by atoms with Crippen LogP contribution < -0.4 is 0 Å². The topological polar surface area (TPSA) is 26.3 Å². The number of hydrogen-bond donors (Lipinski definition) is 0. The van der Waals surface area contributed by atoms with Crippen LogP contribution in [-0.4, -0.2) is 5.97 Å². The van der Waals surface area contributed by atoms with Crippen molar-refractivity contribution < 1.29 is 9.53 Å². The summed E-state index contributed by atoms with van der Waals surface area (Å²) in [6, 6.07) is 6.00. The van der Waals surface area contributed by atoms with E-state index in [0.29, 0.717) is 12.5 Å². The molecule has 0 fully saturated rings. The fourth-order valence-corrected chi connectivity index (χ4v) is 1.70. The van der Waals surface area contributed by atoms with Crippen LogP contribution in [0.15, 0.2) is 18.2 Å². The zero-order valence-corrected chi connectivity index (χ0v) is 8.54. The SMILES string of the molecule is CCC(C)c1ccc2c(c1)COC2=O. The van der Waals surface area contributed by atoms with Gasteiger partial charge in [0.1, 0.15) is 6.61 Å². The second kappa shape index (κ2) is 3.45. The zero-order valence-electron chi connectivity index (χ0n) is 8.54. The Kier molecular flexibility index (Phi) is 2.28. The molecule has 1 aromatic carbocycles. The summed E-state index contributed by atoms with van der Waals surface area (Å²) in [7, 11) is 0. The van der Waals surface area contributed by atoms with Crippen LogP contribution in [0.3, 0.4) is 0 Å². The van der Waals surface area contributed by atoms with Crippen LogP contribution in [0.5, 0.6) is 0 Å². The molecule has 0 saturated carbocycles. The summed E-state index contributed by atoms with van der Waals surface area (Å²) in [5.41, 5.74) is 3.06. The molecule has 2 rings (SSSR count). The van der Waals surface area contributed by atoms with Crippen molar-refractivity contribution >= 4 is 5.97 Å². The molecule has 1 aliphatic rings. The van der Waals surface area contributed by atoms with Crippen molar-refractivity contribution in [2.45, 2.75) is 32.8 Å². The van der Waals surface area contributed by atoms with Gasteiger partial charge in [-0.2, -0.15) is 0 Å². The Morgan fingerprint density at radius 1 is 1.50 bits per heavy atom. The summed E-state index contributed by atoms with van der Waals surface area (Å²) in [5.74, 6) is 0.367. The van der Waals surface area contributed by atoms with Crippen LogP contribution in [0.25, 0.3) is 0 Å². The lowest BCUT2D eigenvalue weighted by Crippen LogP contribution is -1.96. The van der Waals surface area contributed by atoms with Crippen LogP contribution >= 0.6 is 0 Å². The highest BCUT2D eigenvalue weighted by Crippen LogP contribution is 2.25. The molecular formula is C12H14O2. The highest BCUT2D eigenvalue weighted by molar-refractivity contribution is 5.93. The maximum Gasteiger partial charge on any atom is 0.338 e. The average molecular weight is 190 g/mol. The van der Waals surface area contributed by atoms with Gasteiger partial charge in [-0.25, -0.2) is 4.79 Å². The van der Waals surface area contributed by atoms with Gasteiger partial charge < -0.3 is 4.74 Å². The largest absolute Gasteiger partial charge is 0.457 e. The molecular weight excluding hydrogens is 176 g/mol. The van der Waals surface area contributed by atoms with E-state index in [9.17, 15) is 4.79 Å². The lowest BCUT2D eigenvalue weighted by atomic mass is 9.95. The molecule has 1 heterocycles. The lowest BCUT2D eigenvalue weighted by Gasteiger charge is -2.09. The first-order valence-electron chi connectivity index (χ1n) is 5.02. The van der Waals surface area contributed by atoms with Gasteiger partial charge in [0.2, 0.25) is 0 Å². The van der Waals surface area contributed by atoms with Gasteiger partial charge in [-0.15, -0.1) is 0 Å². The molecule has 2 nitrogen and oxygen atoms in total. The van der Waals surface area contributed by atoms with E-state index >= 15 is 0 Å². The van der Waals surface area contributed by atoms with Gasteiger partial charge in [-0.3, -0.25) is 0 Å². The third kappa shape index (κ3) is 1.41.